The van der Waals surface area contributed by atoms with Crippen LogP contribution in [0.25, 0.3) is 0 Å². The first-order chi connectivity index (χ1) is 5.99. The Balaban J connectivity index is 4.61. The van der Waals surface area contributed by atoms with Gasteiger partial charge in [0.2, 0.25) is 0 Å². The monoisotopic (exact) mass is 184 g/mol. The first kappa shape index (κ1) is 11.9. The van der Waals surface area contributed by atoms with Crippen LogP contribution in [-0.4, -0.2) is 18.4 Å². The minimum Gasteiger partial charge on any atom is -0.462 e. The zero-order valence-corrected chi connectivity index (χ0v) is 8.59. The molecule has 3 heteroatoms. The van der Waals surface area contributed by atoms with Crippen molar-refractivity contribution in [3.8, 4) is 0 Å². The number of ketones is 1. The third kappa shape index (κ3) is 4.45. The molecule has 0 aromatic heterocycles. The molecule has 0 heterocycles. The first-order valence-electron chi connectivity index (χ1n) is 4.38. The van der Waals surface area contributed by atoms with Gasteiger partial charge in [0.1, 0.15) is 0 Å². The predicted molar refractivity (Wildman–Crippen MR) is 50.2 cm³/mol. The second-order valence-corrected chi connectivity index (χ2v) is 3.10. The van der Waals surface area contributed by atoms with Gasteiger partial charge in [-0.2, -0.15) is 0 Å². The number of hydrogen-bond donors (Lipinski definition) is 0. The Morgan fingerprint density at radius 2 is 1.92 bits per heavy atom. The number of hydrogen-bond acceptors (Lipinski definition) is 3. The quantitative estimate of drug-likeness (QED) is 0.289. The van der Waals surface area contributed by atoms with Crippen LogP contribution < -0.4 is 0 Å². The molecule has 0 aromatic carbocycles. The molecule has 74 valence electrons. The summed E-state index contributed by atoms with van der Waals surface area (Å²) in [5, 5.41) is 0. The van der Waals surface area contributed by atoms with Gasteiger partial charge in [-0.1, -0.05) is 19.9 Å². The van der Waals surface area contributed by atoms with Crippen LogP contribution in [0.5, 0.6) is 0 Å². The number of carbonyl (C=O) groups excluding carboxylic acids is 2. The van der Waals surface area contributed by atoms with Gasteiger partial charge in [-0.25, -0.2) is 4.79 Å². The summed E-state index contributed by atoms with van der Waals surface area (Å²) < 4.78 is 4.74. The van der Waals surface area contributed by atoms with Crippen LogP contribution in [0.15, 0.2) is 11.6 Å². The van der Waals surface area contributed by atoms with Crippen LogP contribution in [0, 0.1) is 5.92 Å². The number of allylic oxidation sites excluding steroid dienone is 1. The van der Waals surface area contributed by atoms with Gasteiger partial charge in [0.15, 0.2) is 5.78 Å². The highest BCUT2D eigenvalue weighted by Gasteiger charge is 2.15. The largest absolute Gasteiger partial charge is 0.462 e. The highest BCUT2D eigenvalue weighted by molar-refractivity contribution is 6.16. The fraction of sp³-hybridized carbons (Fsp3) is 0.600. The SMILES string of the molecule is CCOC(=O)/C(=C/C(C)C)C(C)=O. The van der Waals surface area contributed by atoms with E-state index in [-0.39, 0.29) is 17.3 Å². The Morgan fingerprint density at radius 3 is 2.23 bits per heavy atom. The number of esters is 1. The fourth-order valence-electron chi connectivity index (χ4n) is 0.871. The lowest BCUT2D eigenvalue weighted by atomic mass is 10.1. The van der Waals surface area contributed by atoms with E-state index in [2.05, 4.69) is 0 Å². The molecule has 0 aromatic rings. The zero-order valence-electron chi connectivity index (χ0n) is 8.59. The van der Waals surface area contributed by atoms with Crippen molar-refractivity contribution >= 4 is 11.8 Å². The van der Waals surface area contributed by atoms with E-state index < -0.39 is 5.97 Å². The van der Waals surface area contributed by atoms with Gasteiger partial charge in [0, 0.05) is 0 Å². The second kappa shape index (κ2) is 5.51. The summed E-state index contributed by atoms with van der Waals surface area (Å²) in [6.07, 6.45) is 1.63. The van der Waals surface area contributed by atoms with Gasteiger partial charge in [-0.3, -0.25) is 4.79 Å². The van der Waals surface area contributed by atoms with Crippen LogP contribution in [0.1, 0.15) is 27.7 Å². The molecule has 0 saturated carbocycles. The lowest BCUT2D eigenvalue weighted by molar-refractivity contribution is -0.139. The summed E-state index contributed by atoms with van der Waals surface area (Å²) in [7, 11) is 0. The molecular formula is C10H16O3. The topological polar surface area (TPSA) is 43.4 Å². The van der Waals surface area contributed by atoms with E-state index in [1.807, 2.05) is 13.8 Å². The van der Waals surface area contributed by atoms with Crippen molar-refractivity contribution in [1.82, 2.24) is 0 Å². The van der Waals surface area contributed by atoms with E-state index in [4.69, 9.17) is 4.74 Å². The molecule has 0 aliphatic rings. The van der Waals surface area contributed by atoms with Crippen molar-refractivity contribution in [2.45, 2.75) is 27.7 Å². The van der Waals surface area contributed by atoms with Gasteiger partial charge >= 0.3 is 5.97 Å². The molecule has 0 spiro atoms. The summed E-state index contributed by atoms with van der Waals surface area (Å²) in [4.78, 5) is 22.2. The summed E-state index contributed by atoms with van der Waals surface area (Å²) in [6.45, 7) is 7.18. The van der Waals surface area contributed by atoms with Crippen LogP contribution in [0.3, 0.4) is 0 Å². The maximum atomic E-state index is 11.2. The molecule has 13 heavy (non-hydrogen) atoms. The Labute approximate surface area is 78.8 Å². The first-order valence-corrected chi connectivity index (χ1v) is 4.38. The molecule has 0 bridgehead atoms. The van der Waals surface area contributed by atoms with Crippen LogP contribution in [0.2, 0.25) is 0 Å². The van der Waals surface area contributed by atoms with Crippen LogP contribution in [-0.2, 0) is 14.3 Å². The van der Waals surface area contributed by atoms with Crippen LogP contribution >= 0.6 is 0 Å². The van der Waals surface area contributed by atoms with E-state index in [1.54, 1.807) is 13.0 Å². The van der Waals surface area contributed by atoms with E-state index in [1.165, 1.54) is 6.92 Å². The van der Waals surface area contributed by atoms with E-state index in [0.29, 0.717) is 6.61 Å². The maximum absolute atomic E-state index is 11.2. The number of ether oxygens (including phenoxy) is 1. The number of rotatable bonds is 4. The van der Waals surface area contributed by atoms with E-state index >= 15 is 0 Å². The van der Waals surface area contributed by atoms with Crippen molar-refractivity contribution in [3.63, 3.8) is 0 Å². The number of carbonyl (C=O) groups is 2. The Hall–Kier alpha value is -1.12. The van der Waals surface area contributed by atoms with Crippen molar-refractivity contribution < 1.29 is 14.3 Å². The second-order valence-electron chi connectivity index (χ2n) is 3.10. The molecule has 0 rings (SSSR count). The maximum Gasteiger partial charge on any atom is 0.341 e. The van der Waals surface area contributed by atoms with Crippen molar-refractivity contribution in [1.29, 1.82) is 0 Å². The lowest BCUT2D eigenvalue weighted by Gasteiger charge is -2.04. The third-order valence-corrected chi connectivity index (χ3v) is 1.37. The zero-order chi connectivity index (χ0) is 10.4. The standard InChI is InChI=1S/C10H16O3/c1-5-13-10(12)9(8(4)11)6-7(2)3/h6-7H,5H2,1-4H3/b9-6+. The summed E-state index contributed by atoms with van der Waals surface area (Å²) in [5.74, 6) is -0.598. The van der Waals surface area contributed by atoms with Gasteiger partial charge in [0.25, 0.3) is 0 Å². The average Bonchev–Trinajstić information content (AvgIpc) is 1.99. The molecule has 0 unspecified atom stereocenters. The lowest BCUT2D eigenvalue weighted by Crippen LogP contribution is -2.14. The summed E-state index contributed by atoms with van der Waals surface area (Å²) in [6, 6.07) is 0. The van der Waals surface area contributed by atoms with Crippen LogP contribution in [0.4, 0.5) is 0 Å². The highest BCUT2D eigenvalue weighted by Crippen LogP contribution is 2.05. The molecule has 0 aliphatic carbocycles. The Morgan fingerprint density at radius 1 is 1.38 bits per heavy atom. The molecular weight excluding hydrogens is 168 g/mol. The van der Waals surface area contributed by atoms with Crippen molar-refractivity contribution in [2.75, 3.05) is 6.61 Å². The van der Waals surface area contributed by atoms with Gasteiger partial charge in [-0.05, 0) is 19.8 Å². The minimum absolute atomic E-state index is 0.150. The van der Waals surface area contributed by atoms with E-state index in [0.717, 1.165) is 0 Å². The fourth-order valence-corrected chi connectivity index (χ4v) is 0.871. The third-order valence-electron chi connectivity index (χ3n) is 1.37. The summed E-state index contributed by atoms with van der Waals surface area (Å²) in [5.41, 5.74) is 0.150. The molecule has 0 atom stereocenters. The summed E-state index contributed by atoms with van der Waals surface area (Å²) >= 11 is 0. The van der Waals surface area contributed by atoms with E-state index in [9.17, 15) is 9.59 Å². The molecule has 0 fully saturated rings. The number of Topliss-reactive ketones (excluding diaryl/α,β-unsaturated/α-hetero) is 1. The smallest absolute Gasteiger partial charge is 0.341 e. The molecule has 0 radical (unpaired) electrons. The highest BCUT2D eigenvalue weighted by atomic mass is 16.5. The molecule has 0 N–H and O–H groups in total. The molecule has 3 nitrogen and oxygen atoms in total. The van der Waals surface area contributed by atoms with Crippen molar-refractivity contribution in [3.05, 3.63) is 11.6 Å². The average molecular weight is 184 g/mol. The Bertz CT molecular complexity index is 226. The van der Waals surface area contributed by atoms with Crippen molar-refractivity contribution in [2.24, 2.45) is 5.92 Å². The normalized spacial score (nSPS) is 11.6. The predicted octanol–water partition coefficient (Wildman–Crippen LogP) is 1.72. The molecule has 0 aliphatic heterocycles. The minimum atomic E-state index is -0.524. The van der Waals surface area contributed by atoms with Gasteiger partial charge < -0.3 is 4.74 Å². The van der Waals surface area contributed by atoms with Gasteiger partial charge in [0.05, 0.1) is 12.2 Å². The van der Waals surface area contributed by atoms with Gasteiger partial charge in [-0.15, -0.1) is 0 Å². The Kier molecular flexibility index (Phi) is 5.04. The molecule has 0 saturated heterocycles. The molecule has 0 amide bonds.